The molecule has 16 heteroatoms. The van der Waals surface area contributed by atoms with Crippen molar-refractivity contribution in [2.45, 2.75) is 40.8 Å². The minimum Gasteiger partial charge on any atom is -0.329 e. The molecule has 0 aliphatic carbocycles. The van der Waals surface area contributed by atoms with Crippen LogP contribution in [-0.2, 0) is 20.0 Å². The topological polar surface area (TPSA) is 223 Å². The molecule has 33 heavy (non-hydrogen) atoms. The molecule has 2 aromatic rings. The van der Waals surface area contributed by atoms with Gasteiger partial charge >= 0.3 is 0 Å². The third-order valence-electron chi connectivity index (χ3n) is 5.79. The number of hydrogen-bond donors (Lipinski definition) is 7. The Kier molecular flexibility index (Phi) is 7.06. The Hall–Kier alpha value is -2.05. The Labute approximate surface area is 191 Å². The second kappa shape index (κ2) is 9.67. The Morgan fingerprint density at radius 1 is 1.09 bits per heavy atom. The summed E-state index contributed by atoms with van der Waals surface area (Å²) in [4.78, 5) is -1.03. The summed E-state index contributed by atoms with van der Waals surface area (Å²) in [6.45, 7) is 2.65. The van der Waals surface area contributed by atoms with Gasteiger partial charge in [0.2, 0.25) is 25.9 Å². The maximum Gasteiger partial charge on any atom is 0.242 e. The smallest absolute Gasteiger partial charge is 0.242 e. The van der Waals surface area contributed by atoms with E-state index in [0.717, 1.165) is 13.0 Å². The van der Waals surface area contributed by atoms with Crippen LogP contribution in [0.15, 0.2) is 21.9 Å². The number of hydrogen-bond acceptors (Lipinski definition) is 11. The number of sulfonamides is 2. The predicted molar refractivity (Wildman–Crippen MR) is 119 cm³/mol. The Bertz CT molecular complexity index is 1180. The molecular weight excluding hydrogens is 472 g/mol. The Morgan fingerprint density at radius 2 is 1.85 bits per heavy atom. The van der Waals surface area contributed by atoms with Crippen molar-refractivity contribution in [3.8, 4) is 11.4 Å². The fourth-order valence-corrected chi connectivity index (χ4v) is 7.11. The zero-order valence-corrected chi connectivity index (χ0v) is 19.4. The average Bonchev–Trinajstić information content (AvgIpc) is 3.42. The summed E-state index contributed by atoms with van der Waals surface area (Å²) in [5.41, 5.74) is 6.31. The number of primary sulfonamides is 1. The highest BCUT2D eigenvalue weighted by Crippen LogP contribution is 2.36. The van der Waals surface area contributed by atoms with E-state index in [1.54, 1.807) is 6.07 Å². The number of aromatic nitrogens is 4. The van der Waals surface area contributed by atoms with E-state index in [1.807, 2.05) is 0 Å². The van der Waals surface area contributed by atoms with Gasteiger partial charge in [0, 0.05) is 43.3 Å². The number of aromatic amines is 1. The SMILES string of the molecule is NCC1CCNCC(c2ccc(S(=O)(=O)N[C@@H]3CCNC3)c(S(N)(=O)=O)c2-c2nn[nH]n2)N1. The van der Waals surface area contributed by atoms with E-state index >= 15 is 0 Å². The van der Waals surface area contributed by atoms with Gasteiger partial charge < -0.3 is 21.7 Å². The zero-order valence-electron chi connectivity index (χ0n) is 17.8. The summed E-state index contributed by atoms with van der Waals surface area (Å²) >= 11 is 0. The fourth-order valence-electron chi connectivity index (χ4n) is 4.23. The van der Waals surface area contributed by atoms with Crippen molar-refractivity contribution >= 4 is 20.0 Å². The van der Waals surface area contributed by atoms with E-state index < -0.39 is 35.9 Å². The number of nitrogens with zero attached hydrogens (tertiary/aromatic N) is 3. The van der Waals surface area contributed by atoms with E-state index in [2.05, 4.69) is 41.3 Å². The molecular formula is C17H28N10O4S2. The number of nitrogens with two attached hydrogens (primary N) is 2. The molecule has 14 nitrogen and oxygen atoms in total. The quantitative estimate of drug-likeness (QED) is 0.204. The Morgan fingerprint density at radius 3 is 2.48 bits per heavy atom. The minimum atomic E-state index is -4.53. The predicted octanol–water partition coefficient (Wildman–Crippen LogP) is -2.89. The molecule has 3 heterocycles. The number of benzene rings is 1. The molecule has 2 saturated heterocycles. The summed E-state index contributed by atoms with van der Waals surface area (Å²) in [7, 11) is -8.76. The van der Waals surface area contributed by atoms with E-state index in [1.165, 1.54) is 6.07 Å². The lowest BCUT2D eigenvalue weighted by Gasteiger charge is -2.25. The van der Waals surface area contributed by atoms with Crippen molar-refractivity contribution in [2.24, 2.45) is 10.9 Å². The fraction of sp³-hybridized carbons (Fsp3) is 0.588. The van der Waals surface area contributed by atoms with Crippen LogP contribution in [0, 0.1) is 0 Å². The van der Waals surface area contributed by atoms with Gasteiger partial charge in [-0.05, 0) is 42.8 Å². The first kappa shape index (κ1) is 24.1. The first-order chi connectivity index (χ1) is 15.7. The molecule has 1 aromatic heterocycles. The number of H-pyrrole nitrogens is 1. The molecule has 182 valence electrons. The van der Waals surface area contributed by atoms with Crippen molar-refractivity contribution in [3.63, 3.8) is 0 Å². The first-order valence-electron chi connectivity index (χ1n) is 10.5. The van der Waals surface area contributed by atoms with Crippen LogP contribution in [0.4, 0.5) is 0 Å². The monoisotopic (exact) mass is 500 g/mol. The molecule has 1 aromatic carbocycles. The van der Waals surface area contributed by atoms with E-state index in [4.69, 9.17) is 10.9 Å². The third kappa shape index (κ3) is 5.22. The molecule has 4 rings (SSSR count). The molecule has 2 aliphatic rings. The van der Waals surface area contributed by atoms with E-state index in [9.17, 15) is 16.8 Å². The average molecular weight is 501 g/mol. The maximum absolute atomic E-state index is 13.3. The van der Waals surface area contributed by atoms with Crippen LogP contribution in [0.3, 0.4) is 0 Å². The lowest BCUT2D eigenvalue weighted by Crippen LogP contribution is -2.39. The van der Waals surface area contributed by atoms with Gasteiger partial charge in [-0.15, -0.1) is 10.2 Å². The lowest BCUT2D eigenvalue weighted by molar-refractivity contribution is 0.459. The van der Waals surface area contributed by atoms with Crippen LogP contribution in [0.2, 0.25) is 0 Å². The van der Waals surface area contributed by atoms with Gasteiger partial charge in [0.05, 0.1) is 0 Å². The van der Waals surface area contributed by atoms with Crippen LogP contribution in [-0.4, -0.2) is 82.3 Å². The van der Waals surface area contributed by atoms with Gasteiger partial charge in [0.1, 0.15) is 9.79 Å². The number of nitrogens with one attached hydrogen (secondary N) is 5. The van der Waals surface area contributed by atoms with Gasteiger partial charge in [-0.3, -0.25) is 0 Å². The first-order valence-corrected chi connectivity index (χ1v) is 13.6. The summed E-state index contributed by atoms with van der Waals surface area (Å²) < 4.78 is 54.7. The van der Waals surface area contributed by atoms with Crippen molar-refractivity contribution in [3.05, 3.63) is 17.7 Å². The van der Waals surface area contributed by atoms with Crippen LogP contribution in [0.1, 0.15) is 24.4 Å². The molecule has 2 unspecified atom stereocenters. The van der Waals surface area contributed by atoms with Crippen LogP contribution in [0.5, 0.6) is 0 Å². The van der Waals surface area contributed by atoms with Gasteiger partial charge in [-0.25, -0.2) is 26.7 Å². The van der Waals surface area contributed by atoms with Crippen LogP contribution < -0.4 is 31.5 Å². The third-order valence-corrected chi connectivity index (χ3v) is 8.48. The highest BCUT2D eigenvalue weighted by molar-refractivity contribution is 7.92. The van der Waals surface area contributed by atoms with E-state index in [0.29, 0.717) is 38.2 Å². The molecule has 0 bridgehead atoms. The molecule has 9 N–H and O–H groups in total. The summed E-state index contributed by atoms with van der Waals surface area (Å²) in [5.74, 6) is -0.0797. The second-order valence-electron chi connectivity index (χ2n) is 8.09. The molecule has 2 aliphatic heterocycles. The largest absolute Gasteiger partial charge is 0.329 e. The van der Waals surface area contributed by atoms with E-state index in [-0.39, 0.29) is 23.5 Å². The number of tetrazole rings is 1. The summed E-state index contributed by atoms with van der Waals surface area (Å²) in [6.07, 6.45) is 1.36. The molecule has 0 radical (unpaired) electrons. The molecule has 0 spiro atoms. The van der Waals surface area contributed by atoms with Crippen molar-refractivity contribution < 1.29 is 16.8 Å². The van der Waals surface area contributed by atoms with Crippen LogP contribution >= 0.6 is 0 Å². The maximum atomic E-state index is 13.3. The Balaban J connectivity index is 1.91. The van der Waals surface area contributed by atoms with Gasteiger partial charge in [0.25, 0.3) is 0 Å². The van der Waals surface area contributed by atoms with Crippen molar-refractivity contribution in [1.82, 2.24) is 41.3 Å². The molecule has 0 saturated carbocycles. The van der Waals surface area contributed by atoms with Crippen molar-refractivity contribution in [1.29, 1.82) is 0 Å². The second-order valence-corrected chi connectivity index (χ2v) is 11.3. The van der Waals surface area contributed by atoms with Crippen LogP contribution in [0.25, 0.3) is 11.4 Å². The van der Waals surface area contributed by atoms with Gasteiger partial charge in [-0.1, -0.05) is 6.07 Å². The summed E-state index contributed by atoms with van der Waals surface area (Å²) in [5, 5.41) is 29.0. The minimum absolute atomic E-state index is 0.0179. The van der Waals surface area contributed by atoms with Crippen molar-refractivity contribution in [2.75, 3.05) is 32.7 Å². The molecule has 0 amide bonds. The molecule has 3 atom stereocenters. The van der Waals surface area contributed by atoms with Gasteiger partial charge in [-0.2, -0.15) is 5.21 Å². The summed E-state index contributed by atoms with van der Waals surface area (Å²) in [6, 6.07) is 2.02. The number of rotatable bonds is 7. The molecule has 2 fully saturated rings. The standard InChI is InChI=1S/C17H28N10O4S2/c18-7-10-3-5-21-9-13(22-10)12-1-2-14(33(30,31)25-11-4-6-20-8-11)16(32(19,28)29)15(12)17-23-26-27-24-17/h1-2,10-11,13,20-22,25H,3-9,18H2,(H2,19,28,29)(H,23,24,26,27)/t10?,11-,13?/m1/s1. The zero-order chi connectivity index (χ0) is 23.6. The highest BCUT2D eigenvalue weighted by Gasteiger charge is 2.35. The lowest BCUT2D eigenvalue weighted by atomic mass is 9.98. The van der Waals surface area contributed by atoms with Gasteiger partial charge in [0.15, 0.2) is 0 Å². The normalized spacial score (nSPS) is 24.6. The highest BCUT2D eigenvalue weighted by atomic mass is 32.2.